The van der Waals surface area contributed by atoms with Gasteiger partial charge in [0.2, 0.25) is 5.52 Å². The summed E-state index contributed by atoms with van der Waals surface area (Å²) in [5, 5.41) is 12.9. The smallest absolute Gasteiger partial charge is 0.226 e. The summed E-state index contributed by atoms with van der Waals surface area (Å²) in [6, 6.07) is 6.63. The van der Waals surface area contributed by atoms with Gasteiger partial charge in [-0.3, -0.25) is 0 Å². The molecule has 2 rings (SSSR count). The summed E-state index contributed by atoms with van der Waals surface area (Å²) in [5.74, 6) is 0. The molecule has 0 fully saturated rings. The summed E-state index contributed by atoms with van der Waals surface area (Å²) >= 11 is 11.8. The van der Waals surface area contributed by atoms with Gasteiger partial charge in [-0.1, -0.05) is 29.3 Å². The molecule has 0 atom stereocenters. The Morgan fingerprint density at radius 1 is 1.08 bits per heavy atom. The van der Waals surface area contributed by atoms with Crippen LogP contribution in [-0.4, -0.2) is 0 Å². The van der Waals surface area contributed by atoms with E-state index in [2.05, 4.69) is 0 Å². The van der Waals surface area contributed by atoms with Crippen LogP contribution in [-0.2, 0) is 0 Å². The average Bonchev–Trinajstić information content (AvgIpc) is 2.12. The molecule has 0 unspecified atom stereocenters. The van der Waals surface area contributed by atoms with Crippen LogP contribution >= 0.6 is 23.2 Å². The number of fused-ring (bicyclic) bond motifs is 1. The average molecular weight is 214 g/mol. The molecule has 0 radical (unpaired) electrons. The van der Waals surface area contributed by atoms with Gasteiger partial charge >= 0.3 is 0 Å². The van der Waals surface area contributed by atoms with Crippen molar-refractivity contribution in [3.8, 4) is 0 Å². The molecule has 0 bridgehead atoms. The van der Waals surface area contributed by atoms with E-state index >= 15 is 0 Å². The van der Waals surface area contributed by atoms with Gasteiger partial charge in [0.15, 0.2) is 6.20 Å². The maximum Gasteiger partial charge on any atom is 0.226 e. The van der Waals surface area contributed by atoms with Crippen molar-refractivity contribution in [2.75, 3.05) is 0 Å². The quantitative estimate of drug-likeness (QED) is 0.489. The van der Waals surface area contributed by atoms with E-state index < -0.39 is 0 Å². The van der Waals surface area contributed by atoms with E-state index in [0.717, 1.165) is 4.73 Å². The second kappa shape index (κ2) is 3.05. The highest BCUT2D eigenvalue weighted by Gasteiger charge is 2.09. The van der Waals surface area contributed by atoms with E-state index in [4.69, 9.17) is 23.2 Å². The Morgan fingerprint density at radius 2 is 1.77 bits per heavy atom. The van der Waals surface area contributed by atoms with Crippen LogP contribution in [0.3, 0.4) is 0 Å². The lowest BCUT2D eigenvalue weighted by atomic mass is 10.2. The Bertz CT molecular complexity index is 462. The number of halogens is 2. The van der Waals surface area contributed by atoms with Gasteiger partial charge in [0.25, 0.3) is 0 Å². The number of pyridine rings is 1. The lowest BCUT2D eigenvalue weighted by Crippen LogP contribution is -2.25. The molecule has 0 saturated carbocycles. The van der Waals surface area contributed by atoms with Crippen molar-refractivity contribution in [2.45, 2.75) is 0 Å². The molecule has 0 saturated heterocycles. The molecule has 13 heavy (non-hydrogen) atoms. The molecule has 0 aliphatic carbocycles. The summed E-state index contributed by atoms with van der Waals surface area (Å²) in [6.07, 6.45) is 1.36. The van der Waals surface area contributed by atoms with E-state index in [-0.39, 0.29) is 0 Å². The summed E-state index contributed by atoms with van der Waals surface area (Å²) in [7, 11) is 0. The third-order valence-electron chi connectivity index (χ3n) is 1.82. The molecule has 0 spiro atoms. The summed E-state index contributed by atoms with van der Waals surface area (Å²) < 4.78 is 0.743. The van der Waals surface area contributed by atoms with Gasteiger partial charge in [-0.05, 0) is 6.07 Å². The topological polar surface area (TPSA) is 26.9 Å². The van der Waals surface area contributed by atoms with Crippen molar-refractivity contribution in [3.63, 3.8) is 0 Å². The summed E-state index contributed by atoms with van der Waals surface area (Å²) in [6.45, 7) is 0. The first-order chi connectivity index (χ1) is 6.20. The van der Waals surface area contributed by atoms with Gasteiger partial charge in [-0.2, -0.15) is 4.73 Å². The van der Waals surface area contributed by atoms with E-state index in [1.807, 2.05) is 0 Å². The highest BCUT2D eigenvalue weighted by molar-refractivity contribution is 6.41. The van der Waals surface area contributed by atoms with Crippen LogP contribution < -0.4 is 4.73 Å². The molecule has 0 aliphatic heterocycles. The zero-order chi connectivity index (χ0) is 9.42. The van der Waals surface area contributed by atoms with Crippen molar-refractivity contribution < 1.29 is 4.73 Å². The maximum absolute atomic E-state index is 11.3. The van der Waals surface area contributed by atoms with Crippen molar-refractivity contribution in [1.82, 2.24) is 0 Å². The van der Waals surface area contributed by atoms with Crippen molar-refractivity contribution in [2.24, 2.45) is 0 Å². The van der Waals surface area contributed by atoms with Crippen LogP contribution in [0.4, 0.5) is 0 Å². The van der Waals surface area contributed by atoms with E-state index in [0.29, 0.717) is 20.9 Å². The Labute approximate surface area is 84.9 Å². The Morgan fingerprint density at radius 3 is 2.46 bits per heavy atom. The molecule has 2 aromatic rings. The van der Waals surface area contributed by atoms with Gasteiger partial charge in [0.1, 0.15) is 0 Å². The number of hydrogen-bond acceptors (Lipinski definition) is 1. The second-order valence-electron chi connectivity index (χ2n) is 2.62. The zero-order valence-corrected chi connectivity index (χ0v) is 8.01. The highest BCUT2D eigenvalue weighted by atomic mass is 35.5. The third kappa shape index (κ3) is 1.32. The third-order valence-corrected chi connectivity index (χ3v) is 2.45. The molecule has 0 aliphatic rings. The minimum atomic E-state index is 0.486. The Kier molecular flexibility index (Phi) is 2.02. The standard InChI is InChI=1S/C9H5Cl2NO/c10-6-2-1-3-8-9(6)7(11)4-5-12(8)13/h1-5H. The van der Waals surface area contributed by atoms with Crippen LogP contribution in [0.5, 0.6) is 0 Å². The number of rotatable bonds is 0. The largest absolute Gasteiger partial charge is 0.618 e. The van der Waals surface area contributed by atoms with E-state index in [9.17, 15) is 5.21 Å². The minimum absolute atomic E-state index is 0.486. The molecule has 1 aromatic carbocycles. The predicted octanol–water partition coefficient (Wildman–Crippen LogP) is 2.78. The van der Waals surface area contributed by atoms with Crippen molar-refractivity contribution in [1.29, 1.82) is 0 Å². The molecule has 1 aromatic heterocycles. The van der Waals surface area contributed by atoms with Gasteiger partial charge in [0, 0.05) is 12.1 Å². The van der Waals surface area contributed by atoms with Crippen LogP contribution in [0.2, 0.25) is 10.0 Å². The Balaban J connectivity index is 3.00. The van der Waals surface area contributed by atoms with Gasteiger partial charge in [-0.15, -0.1) is 0 Å². The predicted molar refractivity (Wildman–Crippen MR) is 52.9 cm³/mol. The summed E-state index contributed by atoms with van der Waals surface area (Å²) in [4.78, 5) is 0. The molecule has 0 N–H and O–H groups in total. The van der Waals surface area contributed by atoms with E-state index in [1.165, 1.54) is 12.3 Å². The van der Waals surface area contributed by atoms with Crippen LogP contribution in [0, 0.1) is 5.21 Å². The van der Waals surface area contributed by atoms with Crippen molar-refractivity contribution >= 4 is 34.1 Å². The lowest BCUT2D eigenvalue weighted by Gasteiger charge is -2.03. The van der Waals surface area contributed by atoms with Crippen LogP contribution in [0.15, 0.2) is 30.5 Å². The number of aromatic nitrogens is 1. The van der Waals surface area contributed by atoms with Gasteiger partial charge in [-0.25, -0.2) is 0 Å². The SMILES string of the molecule is [O-][n+]1ccc(Cl)c2c(Cl)cccc21. The molecule has 66 valence electrons. The first-order valence-corrected chi connectivity index (χ1v) is 4.41. The maximum atomic E-state index is 11.3. The monoisotopic (exact) mass is 213 g/mol. The highest BCUT2D eigenvalue weighted by Crippen LogP contribution is 2.27. The van der Waals surface area contributed by atoms with Gasteiger partial charge in [0.05, 0.1) is 15.4 Å². The second-order valence-corrected chi connectivity index (χ2v) is 3.44. The zero-order valence-electron chi connectivity index (χ0n) is 6.50. The van der Waals surface area contributed by atoms with E-state index in [1.54, 1.807) is 18.2 Å². The first kappa shape index (κ1) is 8.60. The van der Waals surface area contributed by atoms with Crippen molar-refractivity contribution in [3.05, 3.63) is 45.7 Å². The number of hydrogen-bond donors (Lipinski definition) is 0. The molecule has 1 heterocycles. The fourth-order valence-corrected chi connectivity index (χ4v) is 1.80. The summed E-state index contributed by atoms with van der Waals surface area (Å²) in [5.41, 5.74) is 0.486. The molecule has 0 amide bonds. The minimum Gasteiger partial charge on any atom is -0.618 e. The number of nitrogens with zero attached hydrogens (tertiary/aromatic N) is 1. The fourth-order valence-electron chi connectivity index (χ4n) is 1.23. The van der Waals surface area contributed by atoms with Gasteiger partial charge < -0.3 is 5.21 Å². The molecular weight excluding hydrogens is 209 g/mol. The number of benzene rings is 1. The molecule has 4 heteroatoms. The normalized spacial score (nSPS) is 10.6. The fraction of sp³-hybridized carbons (Fsp3) is 0. The molecule has 2 nitrogen and oxygen atoms in total. The molecular formula is C9H5Cl2NO. The first-order valence-electron chi connectivity index (χ1n) is 3.66. The van der Waals surface area contributed by atoms with Crippen LogP contribution in [0.25, 0.3) is 10.9 Å². The Hall–Kier alpha value is -0.990. The van der Waals surface area contributed by atoms with Crippen LogP contribution in [0.1, 0.15) is 0 Å². The lowest BCUT2D eigenvalue weighted by molar-refractivity contribution is -0.577.